The van der Waals surface area contributed by atoms with Crippen molar-refractivity contribution in [3.63, 3.8) is 0 Å². The SMILES string of the molecule is Cc1ccc(S(=O)(=O)O)cc1.OCC(F)(F)C(F)F. The fourth-order valence-electron chi connectivity index (χ4n) is 0.779. The summed E-state index contributed by atoms with van der Waals surface area (Å²) in [5.41, 5.74) is 0.956. The fraction of sp³-hybridized carbons (Fsp3) is 0.400. The van der Waals surface area contributed by atoms with Gasteiger partial charge in [-0.15, -0.1) is 0 Å². The van der Waals surface area contributed by atoms with Crippen molar-refractivity contribution in [2.75, 3.05) is 6.61 Å². The molecule has 0 aliphatic carbocycles. The summed E-state index contributed by atoms with van der Waals surface area (Å²) >= 11 is 0. The average molecular weight is 304 g/mol. The van der Waals surface area contributed by atoms with Crippen LogP contribution >= 0.6 is 0 Å². The second kappa shape index (κ2) is 6.83. The van der Waals surface area contributed by atoms with Gasteiger partial charge >= 0.3 is 12.3 Å². The molecule has 0 amide bonds. The molecular formula is C10H12F4O4S. The molecule has 0 spiro atoms. The van der Waals surface area contributed by atoms with Crippen LogP contribution in [0.4, 0.5) is 17.6 Å². The van der Waals surface area contributed by atoms with Gasteiger partial charge in [-0.2, -0.15) is 17.2 Å². The van der Waals surface area contributed by atoms with E-state index >= 15 is 0 Å². The molecule has 0 heterocycles. The number of alkyl halides is 4. The third-order valence-electron chi connectivity index (χ3n) is 1.85. The van der Waals surface area contributed by atoms with Gasteiger partial charge in [0.2, 0.25) is 0 Å². The lowest BCUT2D eigenvalue weighted by molar-refractivity contribution is -0.153. The number of halogens is 4. The molecular weight excluding hydrogens is 292 g/mol. The molecule has 0 saturated heterocycles. The molecule has 0 aromatic heterocycles. The lowest BCUT2D eigenvalue weighted by Crippen LogP contribution is -2.30. The Morgan fingerprint density at radius 2 is 1.63 bits per heavy atom. The molecule has 19 heavy (non-hydrogen) atoms. The van der Waals surface area contributed by atoms with Gasteiger partial charge in [0.1, 0.15) is 6.61 Å². The van der Waals surface area contributed by atoms with Gasteiger partial charge in [0.05, 0.1) is 4.90 Å². The zero-order valence-electron chi connectivity index (χ0n) is 9.72. The summed E-state index contributed by atoms with van der Waals surface area (Å²) in [7, 11) is -4.02. The molecule has 0 aliphatic rings. The first-order valence-electron chi connectivity index (χ1n) is 4.81. The topological polar surface area (TPSA) is 74.6 Å². The Hall–Kier alpha value is -1.19. The lowest BCUT2D eigenvalue weighted by atomic mass is 10.2. The molecule has 0 saturated carbocycles. The summed E-state index contributed by atoms with van der Waals surface area (Å²) in [5, 5.41) is 7.53. The summed E-state index contributed by atoms with van der Waals surface area (Å²) < 4.78 is 73.9. The van der Waals surface area contributed by atoms with Crippen LogP contribution in [-0.2, 0) is 10.1 Å². The van der Waals surface area contributed by atoms with Gasteiger partial charge < -0.3 is 5.11 Å². The van der Waals surface area contributed by atoms with Crippen molar-refractivity contribution in [3.8, 4) is 0 Å². The predicted molar refractivity (Wildman–Crippen MR) is 59.0 cm³/mol. The second-order valence-corrected chi connectivity index (χ2v) is 4.93. The second-order valence-electron chi connectivity index (χ2n) is 3.51. The molecule has 0 bridgehead atoms. The quantitative estimate of drug-likeness (QED) is 0.662. The van der Waals surface area contributed by atoms with E-state index in [9.17, 15) is 26.0 Å². The van der Waals surface area contributed by atoms with E-state index in [2.05, 4.69) is 0 Å². The Morgan fingerprint density at radius 3 is 1.84 bits per heavy atom. The molecule has 1 aromatic carbocycles. The molecule has 2 N–H and O–H groups in total. The minimum atomic E-state index is -4.24. The van der Waals surface area contributed by atoms with E-state index in [1.165, 1.54) is 12.1 Å². The monoisotopic (exact) mass is 304 g/mol. The maximum Gasteiger partial charge on any atom is 0.329 e. The number of hydrogen-bond donors (Lipinski definition) is 2. The van der Waals surface area contributed by atoms with E-state index in [0.717, 1.165) is 5.56 Å². The largest absolute Gasteiger partial charge is 0.390 e. The molecule has 0 fully saturated rings. The van der Waals surface area contributed by atoms with Crippen LogP contribution < -0.4 is 0 Å². The highest BCUT2D eigenvalue weighted by Gasteiger charge is 2.39. The summed E-state index contributed by atoms with van der Waals surface area (Å²) in [6.07, 6.45) is -3.77. The Kier molecular flexibility index (Phi) is 6.40. The zero-order chi connectivity index (χ0) is 15.3. The van der Waals surface area contributed by atoms with Crippen molar-refractivity contribution in [1.82, 2.24) is 0 Å². The van der Waals surface area contributed by atoms with Crippen molar-refractivity contribution in [2.45, 2.75) is 24.2 Å². The normalized spacial score (nSPS) is 12.0. The van der Waals surface area contributed by atoms with Gasteiger partial charge in [0, 0.05) is 0 Å². The molecule has 1 aromatic rings. The third-order valence-corrected chi connectivity index (χ3v) is 2.72. The van der Waals surface area contributed by atoms with Crippen molar-refractivity contribution < 1.29 is 35.6 Å². The highest BCUT2D eigenvalue weighted by molar-refractivity contribution is 7.85. The summed E-state index contributed by atoms with van der Waals surface area (Å²) in [4.78, 5) is -0.0666. The number of aryl methyl sites for hydroxylation is 1. The summed E-state index contributed by atoms with van der Waals surface area (Å²) in [5.74, 6) is -4.24. The maximum absolute atomic E-state index is 11.3. The van der Waals surface area contributed by atoms with E-state index < -0.39 is 29.1 Å². The number of benzene rings is 1. The van der Waals surface area contributed by atoms with Crippen molar-refractivity contribution in [3.05, 3.63) is 29.8 Å². The van der Waals surface area contributed by atoms with Crippen molar-refractivity contribution in [2.24, 2.45) is 0 Å². The predicted octanol–water partition coefficient (Wildman–Crippen LogP) is 2.12. The lowest BCUT2D eigenvalue weighted by Gasteiger charge is -2.09. The Balaban J connectivity index is 0.000000362. The highest BCUT2D eigenvalue weighted by Crippen LogP contribution is 2.20. The van der Waals surface area contributed by atoms with Crippen LogP contribution in [0.3, 0.4) is 0 Å². The van der Waals surface area contributed by atoms with Gasteiger partial charge in [-0.1, -0.05) is 17.7 Å². The number of aliphatic hydroxyl groups excluding tert-OH is 1. The first kappa shape index (κ1) is 17.8. The summed E-state index contributed by atoms with van der Waals surface area (Å²) in [6, 6.07) is 5.99. The summed E-state index contributed by atoms with van der Waals surface area (Å²) in [6.45, 7) is 0.0401. The number of hydrogen-bond acceptors (Lipinski definition) is 3. The van der Waals surface area contributed by atoms with E-state index in [-0.39, 0.29) is 4.90 Å². The van der Waals surface area contributed by atoms with E-state index in [4.69, 9.17) is 9.66 Å². The fourth-order valence-corrected chi connectivity index (χ4v) is 1.26. The van der Waals surface area contributed by atoms with Crippen LogP contribution in [0.5, 0.6) is 0 Å². The van der Waals surface area contributed by atoms with Crippen LogP contribution in [0.1, 0.15) is 5.56 Å². The average Bonchev–Trinajstić information content (AvgIpc) is 2.29. The van der Waals surface area contributed by atoms with Crippen LogP contribution in [0.2, 0.25) is 0 Å². The van der Waals surface area contributed by atoms with Gasteiger partial charge in [-0.05, 0) is 19.1 Å². The zero-order valence-corrected chi connectivity index (χ0v) is 10.5. The standard InChI is InChI=1S/C7H8O3S.C3H4F4O/c1-6-2-4-7(5-3-6)11(8,9)10;4-2(5)3(6,7)1-8/h2-5H,1H3,(H,8,9,10);2,8H,1H2. The van der Waals surface area contributed by atoms with E-state index in [1.54, 1.807) is 12.1 Å². The molecule has 9 heteroatoms. The Labute approximate surface area is 107 Å². The Bertz CT molecular complexity index is 485. The smallest absolute Gasteiger partial charge is 0.329 e. The van der Waals surface area contributed by atoms with Gasteiger partial charge in [-0.3, -0.25) is 4.55 Å². The Morgan fingerprint density at radius 1 is 1.21 bits per heavy atom. The molecule has 0 radical (unpaired) electrons. The minimum Gasteiger partial charge on any atom is -0.390 e. The van der Waals surface area contributed by atoms with E-state index in [1.807, 2.05) is 6.92 Å². The first-order valence-corrected chi connectivity index (χ1v) is 6.25. The molecule has 1 rings (SSSR count). The highest BCUT2D eigenvalue weighted by atomic mass is 32.2. The molecule has 0 unspecified atom stereocenters. The van der Waals surface area contributed by atoms with Crippen molar-refractivity contribution >= 4 is 10.1 Å². The van der Waals surface area contributed by atoms with Gasteiger partial charge in [0.25, 0.3) is 10.1 Å². The van der Waals surface area contributed by atoms with Crippen LogP contribution in [0, 0.1) is 6.92 Å². The van der Waals surface area contributed by atoms with Crippen LogP contribution in [0.25, 0.3) is 0 Å². The third kappa shape index (κ3) is 6.50. The van der Waals surface area contributed by atoms with Crippen LogP contribution in [0.15, 0.2) is 29.2 Å². The maximum atomic E-state index is 11.3. The number of aliphatic hydroxyl groups is 1. The van der Waals surface area contributed by atoms with Gasteiger partial charge in [-0.25, -0.2) is 8.78 Å². The first-order chi connectivity index (χ1) is 8.50. The number of rotatable bonds is 3. The molecule has 0 atom stereocenters. The molecule has 110 valence electrons. The molecule has 4 nitrogen and oxygen atoms in total. The van der Waals surface area contributed by atoms with E-state index in [0.29, 0.717) is 0 Å². The van der Waals surface area contributed by atoms with Crippen LogP contribution in [-0.4, -0.2) is 37.0 Å². The molecule has 0 aliphatic heterocycles. The minimum absolute atomic E-state index is 0.0666. The van der Waals surface area contributed by atoms with Crippen molar-refractivity contribution in [1.29, 1.82) is 0 Å². The van der Waals surface area contributed by atoms with Gasteiger partial charge in [0.15, 0.2) is 0 Å².